The largest absolute Gasteiger partial charge is 0.462 e. The van der Waals surface area contributed by atoms with Gasteiger partial charge in [-0.25, -0.2) is 0 Å². The molecular formula is C50H88O6. The summed E-state index contributed by atoms with van der Waals surface area (Å²) >= 11 is 0. The van der Waals surface area contributed by atoms with Crippen molar-refractivity contribution in [1.82, 2.24) is 0 Å². The second-order valence-electron chi connectivity index (χ2n) is 15.6. The molecule has 324 valence electrons. The first-order valence-corrected chi connectivity index (χ1v) is 23.6. The average molecular weight is 785 g/mol. The van der Waals surface area contributed by atoms with Crippen LogP contribution in [0.3, 0.4) is 0 Å². The van der Waals surface area contributed by atoms with Crippen LogP contribution in [0.2, 0.25) is 0 Å². The van der Waals surface area contributed by atoms with Gasteiger partial charge in [0.25, 0.3) is 0 Å². The molecule has 0 rings (SSSR count). The molecule has 0 saturated heterocycles. The van der Waals surface area contributed by atoms with E-state index in [2.05, 4.69) is 57.2 Å². The zero-order chi connectivity index (χ0) is 40.8. The molecule has 0 amide bonds. The standard InChI is InChI=1S/C50H88O6/c1-4-7-10-13-16-19-21-23-24-25-26-28-29-31-34-37-40-43-49(52)55-46-47(45-54-48(51)42-39-36-33-18-15-12-9-6-3)56-50(53)44-41-38-35-32-30-27-22-20-17-14-11-8-5-2/h8,11,17,20,27,30,35,38,47H,4-7,9-10,12-16,18-19,21-26,28-29,31-34,36-37,39-46H2,1-3H3/b11-8-,20-17-,30-27-,38-35-. The molecule has 1 unspecified atom stereocenters. The molecule has 0 aliphatic heterocycles. The Kier molecular flexibility index (Phi) is 43.0. The molecule has 0 heterocycles. The molecule has 0 N–H and O–H groups in total. The summed E-state index contributed by atoms with van der Waals surface area (Å²) < 4.78 is 16.6. The number of ether oxygens (including phenoxy) is 3. The monoisotopic (exact) mass is 785 g/mol. The van der Waals surface area contributed by atoms with Gasteiger partial charge in [-0.3, -0.25) is 14.4 Å². The molecule has 0 aromatic carbocycles. The smallest absolute Gasteiger partial charge is 0.306 e. The lowest BCUT2D eigenvalue weighted by molar-refractivity contribution is -0.166. The van der Waals surface area contributed by atoms with Gasteiger partial charge in [0.05, 0.1) is 0 Å². The van der Waals surface area contributed by atoms with Gasteiger partial charge in [0.15, 0.2) is 6.10 Å². The van der Waals surface area contributed by atoms with E-state index in [1.54, 1.807) is 0 Å². The Bertz CT molecular complexity index is 996. The molecule has 0 fully saturated rings. The van der Waals surface area contributed by atoms with Crippen LogP contribution in [0.15, 0.2) is 48.6 Å². The molecule has 6 heteroatoms. The second-order valence-corrected chi connectivity index (χ2v) is 15.6. The lowest BCUT2D eigenvalue weighted by atomic mass is 10.0. The minimum atomic E-state index is -0.804. The van der Waals surface area contributed by atoms with E-state index in [0.29, 0.717) is 19.3 Å². The fraction of sp³-hybridized carbons (Fsp3) is 0.780. The predicted molar refractivity (Wildman–Crippen MR) is 238 cm³/mol. The van der Waals surface area contributed by atoms with E-state index in [1.165, 1.54) is 122 Å². The van der Waals surface area contributed by atoms with Gasteiger partial charge in [-0.2, -0.15) is 0 Å². The first-order valence-electron chi connectivity index (χ1n) is 23.6. The van der Waals surface area contributed by atoms with Crippen LogP contribution in [0.4, 0.5) is 0 Å². The fourth-order valence-corrected chi connectivity index (χ4v) is 6.57. The van der Waals surface area contributed by atoms with Gasteiger partial charge in [0, 0.05) is 19.3 Å². The summed E-state index contributed by atoms with van der Waals surface area (Å²) in [4.78, 5) is 37.6. The molecular weight excluding hydrogens is 697 g/mol. The predicted octanol–water partition coefficient (Wildman–Crippen LogP) is 15.1. The number of unbranched alkanes of at least 4 members (excludes halogenated alkanes) is 23. The highest BCUT2D eigenvalue weighted by Crippen LogP contribution is 2.15. The summed E-state index contributed by atoms with van der Waals surface area (Å²) in [5, 5.41) is 0. The lowest BCUT2D eigenvalue weighted by Crippen LogP contribution is -2.30. The quantitative estimate of drug-likeness (QED) is 0.0265. The molecule has 0 bridgehead atoms. The molecule has 56 heavy (non-hydrogen) atoms. The SMILES string of the molecule is CC/C=C\C/C=C\C/C=C\C/C=C\CCC(=O)OC(COC(=O)CCCCCCCCCC)COC(=O)CCCCCCCCCCCCCCCCCCC. The number of rotatable bonds is 42. The van der Waals surface area contributed by atoms with E-state index in [0.717, 1.165) is 64.2 Å². The van der Waals surface area contributed by atoms with E-state index in [9.17, 15) is 14.4 Å². The Morgan fingerprint density at radius 2 is 0.696 bits per heavy atom. The Hall–Kier alpha value is -2.63. The van der Waals surface area contributed by atoms with Crippen molar-refractivity contribution in [1.29, 1.82) is 0 Å². The molecule has 6 nitrogen and oxygen atoms in total. The van der Waals surface area contributed by atoms with Crippen LogP contribution in [0.5, 0.6) is 0 Å². The highest BCUT2D eigenvalue weighted by Gasteiger charge is 2.19. The van der Waals surface area contributed by atoms with E-state index < -0.39 is 6.10 Å². The van der Waals surface area contributed by atoms with Crippen LogP contribution in [0.1, 0.15) is 233 Å². The van der Waals surface area contributed by atoms with Crippen molar-refractivity contribution in [2.45, 2.75) is 239 Å². The lowest BCUT2D eigenvalue weighted by Gasteiger charge is -2.18. The number of hydrogen-bond acceptors (Lipinski definition) is 6. The number of esters is 3. The third-order valence-corrected chi connectivity index (χ3v) is 10.1. The maximum Gasteiger partial charge on any atom is 0.306 e. The van der Waals surface area contributed by atoms with Crippen molar-refractivity contribution < 1.29 is 28.6 Å². The summed E-state index contributed by atoms with van der Waals surface area (Å²) in [7, 11) is 0. The van der Waals surface area contributed by atoms with Crippen LogP contribution in [-0.4, -0.2) is 37.2 Å². The van der Waals surface area contributed by atoms with E-state index >= 15 is 0 Å². The Morgan fingerprint density at radius 3 is 1.05 bits per heavy atom. The molecule has 0 aromatic rings. The van der Waals surface area contributed by atoms with Gasteiger partial charge >= 0.3 is 17.9 Å². The molecule has 0 aliphatic rings. The van der Waals surface area contributed by atoms with E-state index in [4.69, 9.17) is 14.2 Å². The second kappa shape index (κ2) is 45.1. The first kappa shape index (κ1) is 53.4. The van der Waals surface area contributed by atoms with Crippen LogP contribution >= 0.6 is 0 Å². The number of carbonyl (C=O) groups is 3. The minimum absolute atomic E-state index is 0.0987. The van der Waals surface area contributed by atoms with Gasteiger partial charge < -0.3 is 14.2 Å². The van der Waals surface area contributed by atoms with Crippen molar-refractivity contribution in [3.8, 4) is 0 Å². The van der Waals surface area contributed by atoms with Crippen LogP contribution in [0, 0.1) is 0 Å². The van der Waals surface area contributed by atoms with Crippen molar-refractivity contribution >= 4 is 17.9 Å². The van der Waals surface area contributed by atoms with Crippen molar-refractivity contribution in [3.63, 3.8) is 0 Å². The van der Waals surface area contributed by atoms with Crippen LogP contribution in [-0.2, 0) is 28.6 Å². The Labute approximate surface area is 346 Å². The van der Waals surface area contributed by atoms with Crippen molar-refractivity contribution in [3.05, 3.63) is 48.6 Å². The third kappa shape index (κ3) is 42.5. The zero-order valence-corrected chi connectivity index (χ0v) is 36.9. The van der Waals surface area contributed by atoms with Crippen LogP contribution < -0.4 is 0 Å². The molecule has 0 saturated carbocycles. The number of hydrogen-bond donors (Lipinski definition) is 0. The maximum absolute atomic E-state index is 12.7. The highest BCUT2D eigenvalue weighted by molar-refractivity contribution is 5.71. The fourth-order valence-electron chi connectivity index (χ4n) is 6.57. The van der Waals surface area contributed by atoms with Gasteiger partial charge in [0.2, 0.25) is 0 Å². The van der Waals surface area contributed by atoms with Gasteiger partial charge in [-0.15, -0.1) is 0 Å². The number of allylic oxidation sites excluding steroid dienone is 8. The van der Waals surface area contributed by atoms with Gasteiger partial charge in [-0.1, -0.05) is 217 Å². The third-order valence-electron chi connectivity index (χ3n) is 10.1. The maximum atomic E-state index is 12.7. The Balaban J connectivity index is 4.36. The first-order chi connectivity index (χ1) is 27.5. The van der Waals surface area contributed by atoms with Gasteiger partial charge in [-0.05, 0) is 44.9 Å². The summed E-state index contributed by atoms with van der Waals surface area (Å²) in [6, 6.07) is 0. The minimum Gasteiger partial charge on any atom is -0.462 e. The summed E-state index contributed by atoms with van der Waals surface area (Å²) in [6.45, 7) is 6.43. The Morgan fingerprint density at radius 1 is 0.375 bits per heavy atom. The van der Waals surface area contributed by atoms with Crippen LogP contribution in [0.25, 0.3) is 0 Å². The molecule has 0 radical (unpaired) electrons. The highest BCUT2D eigenvalue weighted by atomic mass is 16.6. The summed E-state index contributed by atoms with van der Waals surface area (Å²) in [6.07, 6.45) is 52.6. The topological polar surface area (TPSA) is 78.9 Å². The normalized spacial score (nSPS) is 12.4. The van der Waals surface area contributed by atoms with E-state index in [-0.39, 0.29) is 37.5 Å². The summed E-state index contributed by atoms with van der Waals surface area (Å²) in [5.74, 6) is -0.982. The van der Waals surface area contributed by atoms with Crippen molar-refractivity contribution in [2.75, 3.05) is 13.2 Å². The van der Waals surface area contributed by atoms with Crippen molar-refractivity contribution in [2.24, 2.45) is 0 Å². The van der Waals surface area contributed by atoms with Gasteiger partial charge in [0.1, 0.15) is 13.2 Å². The van der Waals surface area contributed by atoms with E-state index in [1.807, 2.05) is 12.2 Å². The summed E-state index contributed by atoms with van der Waals surface area (Å²) in [5.41, 5.74) is 0. The zero-order valence-electron chi connectivity index (χ0n) is 36.9. The molecule has 1 atom stereocenters. The average Bonchev–Trinajstić information content (AvgIpc) is 3.19. The molecule has 0 aromatic heterocycles. The number of carbonyl (C=O) groups excluding carboxylic acids is 3. The molecule has 0 aliphatic carbocycles. The molecule has 0 spiro atoms.